The van der Waals surface area contributed by atoms with Gasteiger partial charge in [-0.3, -0.25) is 0 Å². The Labute approximate surface area is 96.7 Å². The number of thiophene rings is 1. The number of rotatable bonds is 5. The van der Waals surface area contributed by atoms with E-state index in [0.29, 0.717) is 11.1 Å². The molecule has 0 saturated heterocycles. The molecule has 0 aromatic carbocycles. The van der Waals surface area contributed by atoms with Crippen molar-refractivity contribution in [3.8, 4) is 0 Å². The Morgan fingerprint density at radius 3 is 3.07 bits per heavy atom. The fourth-order valence-electron chi connectivity index (χ4n) is 0.872. The van der Waals surface area contributed by atoms with E-state index in [1.54, 1.807) is 18.4 Å². The third-order valence-corrected chi connectivity index (χ3v) is 4.72. The van der Waals surface area contributed by atoms with Crippen molar-refractivity contribution in [1.82, 2.24) is 0 Å². The number of nitrogens with zero attached hydrogens (tertiary/aromatic N) is 1. The molecule has 7 heteroatoms. The van der Waals surface area contributed by atoms with E-state index in [9.17, 15) is 14.9 Å². The second-order valence-corrected chi connectivity index (χ2v) is 5.47. The van der Waals surface area contributed by atoms with E-state index in [2.05, 4.69) is 0 Å². The number of ether oxygens (including phenoxy) is 1. The van der Waals surface area contributed by atoms with Gasteiger partial charge in [-0.05, 0) is 0 Å². The number of hydrogen-bond donors (Lipinski definition) is 0. The van der Waals surface area contributed by atoms with Crippen LogP contribution in [0.1, 0.15) is 6.92 Å². The zero-order valence-electron chi connectivity index (χ0n) is 7.97. The van der Waals surface area contributed by atoms with Gasteiger partial charge in [-0.1, -0.05) is 0 Å². The molecule has 0 saturated carbocycles. The van der Waals surface area contributed by atoms with Gasteiger partial charge in [0.25, 0.3) is 0 Å². The predicted octanol–water partition coefficient (Wildman–Crippen LogP) is 0.967. The van der Waals surface area contributed by atoms with Crippen LogP contribution in [0.3, 0.4) is 0 Å². The normalized spacial score (nSPS) is 9.93. The fourth-order valence-corrected chi connectivity index (χ4v) is 3.79. The summed E-state index contributed by atoms with van der Waals surface area (Å²) in [6, 6.07) is 1.70. The summed E-state index contributed by atoms with van der Waals surface area (Å²) in [5.41, 5.74) is 0. The summed E-state index contributed by atoms with van der Waals surface area (Å²) >= 11 is 0.873. The molecule has 5 nitrogen and oxygen atoms in total. The van der Waals surface area contributed by atoms with E-state index in [0.717, 1.165) is 11.3 Å². The van der Waals surface area contributed by atoms with Crippen molar-refractivity contribution in [3.63, 3.8) is 0 Å². The van der Waals surface area contributed by atoms with Gasteiger partial charge in [0.05, 0.1) is 0 Å². The van der Waals surface area contributed by atoms with Crippen LogP contribution >= 0.6 is 11.3 Å². The van der Waals surface area contributed by atoms with Gasteiger partial charge in [-0.25, -0.2) is 0 Å². The molecular weight excluding hydrogens is 285 g/mol. The molecule has 0 unspecified atom stereocenters. The molecule has 1 rings (SSSR count). The standard InChI is InChI=1S/C8H9NO4SSe/c1-2-13-7(10)5-15-6-3-4-14-8(6)9(11)12/h3-4H,2,5H2,1H3. The van der Waals surface area contributed by atoms with Crippen molar-refractivity contribution in [2.45, 2.75) is 12.2 Å². The Hall–Kier alpha value is -0.911. The van der Waals surface area contributed by atoms with E-state index in [4.69, 9.17) is 4.74 Å². The maximum absolute atomic E-state index is 11.0. The van der Waals surface area contributed by atoms with E-state index < -0.39 is 4.92 Å². The predicted molar refractivity (Wildman–Crippen MR) is 57.8 cm³/mol. The average Bonchev–Trinajstić information content (AvgIpc) is 2.63. The van der Waals surface area contributed by atoms with Gasteiger partial charge in [0.15, 0.2) is 0 Å². The van der Waals surface area contributed by atoms with Crippen LogP contribution in [0.2, 0.25) is 5.32 Å². The quantitative estimate of drug-likeness (QED) is 0.351. The molecule has 1 heterocycles. The van der Waals surface area contributed by atoms with Crippen molar-refractivity contribution in [3.05, 3.63) is 21.6 Å². The van der Waals surface area contributed by atoms with Crippen LogP contribution in [0.25, 0.3) is 0 Å². The monoisotopic (exact) mass is 295 g/mol. The van der Waals surface area contributed by atoms with Crippen molar-refractivity contribution < 1.29 is 14.5 Å². The SMILES string of the molecule is CCOC(=O)C[Se]c1ccsc1[N+](=O)[O-]. The average molecular weight is 294 g/mol. The number of nitro groups is 1. The Morgan fingerprint density at radius 1 is 1.73 bits per heavy atom. The van der Waals surface area contributed by atoms with Gasteiger partial charge >= 0.3 is 96.6 Å². The van der Waals surface area contributed by atoms with Crippen LogP contribution in [0.15, 0.2) is 11.4 Å². The van der Waals surface area contributed by atoms with Crippen molar-refractivity contribution >= 4 is 41.7 Å². The van der Waals surface area contributed by atoms with Gasteiger partial charge in [-0.2, -0.15) is 0 Å². The third-order valence-electron chi connectivity index (χ3n) is 1.43. The molecule has 0 fully saturated rings. The Kier molecular flexibility index (Phi) is 4.74. The summed E-state index contributed by atoms with van der Waals surface area (Å²) in [6.07, 6.45) is 0. The maximum atomic E-state index is 11.0. The molecule has 0 N–H and O–H groups in total. The Bertz CT molecular complexity index is 365. The van der Waals surface area contributed by atoms with Gasteiger partial charge in [0.1, 0.15) is 0 Å². The van der Waals surface area contributed by atoms with Gasteiger partial charge in [0, 0.05) is 0 Å². The number of hydrogen-bond acceptors (Lipinski definition) is 5. The van der Waals surface area contributed by atoms with Crippen LogP contribution in [-0.2, 0) is 9.53 Å². The molecule has 0 bridgehead atoms. The van der Waals surface area contributed by atoms with Crippen molar-refractivity contribution in [2.24, 2.45) is 0 Å². The minimum absolute atomic E-state index is 0.138. The summed E-state index contributed by atoms with van der Waals surface area (Å²) in [4.78, 5) is 21.2. The molecule has 0 aliphatic heterocycles. The molecule has 1 aromatic heterocycles. The first kappa shape index (κ1) is 12.2. The van der Waals surface area contributed by atoms with E-state index in [1.807, 2.05) is 0 Å². The summed E-state index contributed by atoms with van der Waals surface area (Å²) < 4.78 is 5.41. The molecule has 15 heavy (non-hydrogen) atoms. The molecule has 0 amide bonds. The van der Waals surface area contributed by atoms with Gasteiger partial charge < -0.3 is 0 Å². The first-order valence-electron chi connectivity index (χ1n) is 4.15. The summed E-state index contributed by atoms with van der Waals surface area (Å²) in [6.45, 7) is 2.08. The first-order chi connectivity index (χ1) is 7.15. The number of carbonyl (C=O) groups excluding carboxylic acids is 1. The zero-order chi connectivity index (χ0) is 11.3. The number of esters is 1. The number of carbonyl (C=O) groups is 1. The zero-order valence-corrected chi connectivity index (χ0v) is 10.5. The van der Waals surface area contributed by atoms with Gasteiger partial charge in [-0.15, -0.1) is 0 Å². The van der Waals surface area contributed by atoms with Crippen LogP contribution in [0, 0.1) is 10.1 Å². The Balaban J connectivity index is 2.54. The second kappa shape index (κ2) is 5.85. The minimum atomic E-state index is -0.410. The van der Waals surface area contributed by atoms with E-state index >= 15 is 0 Å². The fraction of sp³-hybridized carbons (Fsp3) is 0.375. The third kappa shape index (κ3) is 3.62. The molecule has 0 spiro atoms. The van der Waals surface area contributed by atoms with Crippen molar-refractivity contribution in [1.29, 1.82) is 0 Å². The van der Waals surface area contributed by atoms with Crippen LogP contribution in [-0.4, -0.2) is 32.5 Å². The molecule has 0 atom stereocenters. The van der Waals surface area contributed by atoms with Crippen LogP contribution < -0.4 is 4.46 Å². The van der Waals surface area contributed by atoms with Crippen molar-refractivity contribution in [2.75, 3.05) is 6.61 Å². The molecule has 0 aliphatic rings. The second-order valence-electron chi connectivity index (χ2n) is 2.44. The van der Waals surface area contributed by atoms with Crippen LogP contribution in [0.4, 0.5) is 5.00 Å². The summed E-state index contributed by atoms with van der Waals surface area (Å²) in [7, 11) is 0. The summed E-state index contributed by atoms with van der Waals surface area (Å²) in [5.74, 6) is -0.294. The van der Waals surface area contributed by atoms with E-state index in [-0.39, 0.29) is 31.2 Å². The topological polar surface area (TPSA) is 69.4 Å². The van der Waals surface area contributed by atoms with Gasteiger partial charge in [0.2, 0.25) is 0 Å². The van der Waals surface area contributed by atoms with Crippen LogP contribution in [0.5, 0.6) is 0 Å². The Morgan fingerprint density at radius 2 is 2.47 bits per heavy atom. The molecule has 0 aliphatic carbocycles. The van der Waals surface area contributed by atoms with E-state index in [1.165, 1.54) is 0 Å². The molecular formula is C8H9NO4SSe. The first-order valence-corrected chi connectivity index (χ1v) is 7.10. The molecule has 0 radical (unpaired) electrons. The molecule has 1 aromatic rings. The summed E-state index contributed by atoms with van der Waals surface area (Å²) in [5, 5.41) is 12.6. The molecule has 82 valence electrons.